The van der Waals surface area contributed by atoms with Crippen LogP contribution in [0, 0.1) is 11.7 Å². The molecule has 6 rings (SSSR count). The SMILES string of the molecule is Fc1ccc2onc(N3CCN4C[C@@H](COc5ccc(CN6CCOCC6)cc5)CC[C@H]4C3)c2c1. The van der Waals surface area contributed by atoms with Crippen LogP contribution in [0.3, 0.4) is 0 Å². The third kappa shape index (κ3) is 5.15. The van der Waals surface area contributed by atoms with Crippen LogP contribution in [-0.4, -0.2) is 80.1 Å². The third-order valence-electron chi connectivity index (χ3n) is 7.64. The summed E-state index contributed by atoms with van der Waals surface area (Å²) in [6.45, 7) is 9.19. The van der Waals surface area contributed by atoms with Crippen LogP contribution in [0.25, 0.3) is 11.0 Å². The highest BCUT2D eigenvalue weighted by molar-refractivity contribution is 5.88. The number of ether oxygens (including phenoxy) is 2. The van der Waals surface area contributed by atoms with Gasteiger partial charge >= 0.3 is 0 Å². The molecule has 0 saturated carbocycles. The van der Waals surface area contributed by atoms with E-state index in [1.165, 1.54) is 17.7 Å². The van der Waals surface area contributed by atoms with Crippen LogP contribution in [0.4, 0.5) is 10.2 Å². The Morgan fingerprint density at radius 1 is 0.971 bits per heavy atom. The summed E-state index contributed by atoms with van der Waals surface area (Å²) in [5.74, 6) is 2.00. The van der Waals surface area contributed by atoms with E-state index in [4.69, 9.17) is 14.0 Å². The van der Waals surface area contributed by atoms with Crippen LogP contribution in [0.15, 0.2) is 47.0 Å². The first-order chi connectivity index (χ1) is 17.2. The fourth-order valence-corrected chi connectivity index (χ4v) is 5.64. The summed E-state index contributed by atoms with van der Waals surface area (Å²) >= 11 is 0. The Morgan fingerprint density at radius 2 is 1.83 bits per heavy atom. The lowest BCUT2D eigenvalue weighted by molar-refractivity contribution is 0.0342. The molecule has 3 saturated heterocycles. The van der Waals surface area contributed by atoms with E-state index in [0.29, 0.717) is 17.5 Å². The lowest BCUT2D eigenvalue weighted by Gasteiger charge is -2.46. The normalized spacial score (nSPS) is 24.0. The van der Waals surface area contributed by atoms with Gasteiger partial charge in [-0.05, 0) is 48.7 Å². The van der Waals surface area contributed by atoms with Crippen molar-refractivity contribution in [1.82, 2.24) is 15.0 Å². The van der Waals surface area contributed by atoms with E-state index in [1.807, 2.05) is 0 Å². The number of hydrogen-bond acceptors (Lipinski definition) is 7. The van der Waals surface area contributed by atoms with Crippen molar-refractivity contribution >= 4 is 16.8 Å². The largest absolute Gasteiger partial charge is 0.493 e. The van der Waals surface area contributed by atoms with E-state index in [0.717, 1.165) is 95.4 Å². The highest BCUT2D eigenvalue weighted by Crippen LogP contribution is 2.32. The van der Waals surface area contributed by atoms with Gasteiger partial charge in [-0.3, -0.25) is 9.80 Å². The fourth-order valence-electron chi connectivity index (χ4n) is 5.64. The van der Waals surface area contributed by atoms with Crippen molar-refractivity contribution in [2.45, 2.75) is 25.4 Å². The summed E-state index contributed by atoms with van der Waals surface area (Å²) in [7, 11) is 0. The predicted octanol–water partition coefficient (Wildman–Crippen LogP) is 3.78. The molecule has 0 N–H and O–H groups in total. The molecule has 1 aromatic heterocycles. The quantitative estimate of drug-likeness (QED) is 0.532. The Labute approximate surface area is 205 Å². The second kappa shape index (κ2) is 10.1. The molecule has 0 spiro atoms. The second-order valence-corrected chi connectivity index (χ2v) is 10.0. The molecule has 3 fully saturated rings. The summed E-state index contributed by atoms with van der Waals surface area (Å²) < 4.78 is 30.8. The van der Waals surface area contributed by atoms with Crippen LogP contribution < -0.4 is 9.64 Å². The maximum absolute atomic E-state index is 13.8. The Morgan fingerprint density at radius 3 is 2.69 bits per heavy atom. The fraction of sp³-hybridized carbons (Fsp3) is 0.519. The van der Waals surface area contributed by atoms with Gasteiger partial charge in [-0.1, -0.05) is 17.3 Å². The smallest absolute Gasteiger partial charge is 0.180 e. The first-order valence-electron chi connectivity index (χ1n) is 12.8. The molecule has 186 valence electrons. The molecule has 7 nitrogen and oxygen atoms in total. The van der Waals surface area contributed by atoms with Gasteiger partial charge in [0.1, 0.15) is 11.6 Å². The molecule has 0 amide bonds. The number of halogens is 1. The van der Waals surface area contributed by atoms with E-state index in [1.54, 1.807) is 6.07 Å². The van der Waals surface area contributed by atoms with Gasteiger partial charge in [0, 0.05) is 57.8 Å². The van der Waals surface area contributed by atoms with Gasteiger partial charge in [0.15, 0.2) is 11.4 Å². The summed E-state index contributed by atoms with van der Waals surface area (Å²) in [6.07, 6.45) is 2.28. The molecular weight excluding hydrogens is 447 g/mol. The number of rotatable bonds is 6. The molecule has 3 aliphatic rings. The Kier molecular flexibility index (Phi) is 6.59. The lowest BCUT2D eigenvalue weighted by atomic mass is 9.91. The van der Waals surface area contributed by atoms with Gasteiger partial charge in [-0.25, -0.2) is 4.39 Å². The van der Waals surface area contributed by atoms with Crippen LogP contribution in [-0.2, 0) is 11.3 Å². The predicted molar refractivity (Wildman–Crippen MR) is 132 cm³/mol. The first kappa shape index (κ1) is 22.8. The van der Waals surface area contributed by atoms with E-state index in [-0.39, 0.29) is 5.82 Å². The number of morpholine rings is 1. The molecule has 3 aromatic rings. The molecule has 0 radical (unpaired) electrons. The van der Waals surface area contributed by atoms with E-state index < -0.39 is 0 Å². The van der Waals surface area contributed by atoms with Crippen molar-refractivity contribution in [3.05, 3.63) is 53.8 Å². The van der Waals surface area contributed by atoms with Crippen molar-refractivity contribution in [3.8, 4) is 5.75 Å². The summed E-state index contributed by atoms with van der Waals surface area (Å²) in [5.41, 5.74) is 1.96. The average Bonchev–Trinajstić information content (AvgIpc) is 3.31. The molecule has 8 heteroatoms. The average molecular weight is 481 g/mol. The summed E-state index contributed by atoms with van der Waals surface area (Å²) in [5, 5.41) is 5.01. The molecule has 2 aromatic carbocycles. The molecule has 35 heavy (non-hydrogen) atoms. The van der Waals surface area contributed by atoms with Gasteiger partial charge in [0.2, 0.25) is 0 Å². The van der Waals surface area contributed by atoms with E-state index in [9.17, 15) is 4.39 Å². The van der Waals surface area contributed by atoms with Gasteiger partial charge < -0.3 is 18.9 Å². The van der Waals surface area contributed by atoms with Gasteiger partial charge in [-0.15, -0.1) is 0 Å². The molecular formula is C27H33FN4O3. The Bertz CT molecular complexity index is 1130. The first-order valence-corrected chi connectivity index (χ1v) is 12.8. The zero-order valence-corrected chi connectivity index (χ0v) is 20.1. The summed E-state index contributed by atoms with van der Waals surface area (Å²) in [6, 6.07) is 13.6. The molecule has 0 aliphatic carbocycles. The standard InChI is InChI=1S/C27H33FN4O3/c28-22-4-8-26-25(15-22)27(29-35-26)32-10-9-31-17-21(1-5-23(31)18-32)19-34-24-6-2-20(3-7-24)16-30-11-13-33-14-12-30/h2-4,6-8,15,21,23H,1,5,9-14,16-19H2/t21-,23-/m0/s1. The number of aromatic nitrogens is 1. The monoisotopic (exact) mass is 480 g/mol. The van der Waals surface area contributed by atoms with E-state index in [2.05, 4.69) is 44.1 Å². The number of benzene rings is 2. The van der Waals surface area contributed by atoms with Crippen LogP contribution in [0.1, 0.15) is 18.4 Å². The molecule has 2 atom stereocenters. The van der Waals surface area contributed by atoms with Crippen molar-refractivity contribution in [2.24, 2.45) is 5.92 Å². The lowest BCUT2D eigenvalue weighted by Crippen LogP contribution is -2.57. The van der Waals surface area contributed by atoms with Gasteiger partial charge in [0.25, 0.3) is 0 Å². The summed E-state index contributed by atoms with van der Waals surface area (Å²) in [4.78, 5) is 7.27. The van der Waals surface area contributed by atoms with Crippen molar-refractivity contribution in [2.75, 3.05) is 64.0 Å². The van der Waals surface area contributed by atoms with Gasteiger partial charge in [-0.2, -0.15) is 0 Å². The van der Waals surface area contributed by atoms with Crippen molar-refractivity contribution < 1.29 is 18.4 Å². The number of piperidine rings is 1. The minimum atomic E-state index is -0.257. The van der Waals surface area contributed by atoms with Gasteiger partial charge in [0.05, 0.1) is 25.2 Å². The number of fused-ring (bicyclic) bond motifs is 2. The second-order valence-electron chi connectivity index (χ2n) is 10.0. The topological polar surface area (TPSA) is 54.2 Å². The van der Waals surface area contributed by atoms with E-state index >= 15 is 0 Å². The number of piperazine rings is 1. The number of anilines is 1. The Hall–Kier alpha value is -2.68. The Balaban J connectivity index is 0.994. The zero-order chi connectivity index (χ0) is 23.6. The minimum absolute atomic E-state index is 0.257. The van der Waals surface area contributed by atoms with Crippen molar-refractivity contribution in [1.29, 1.82) is 0 Å². The molecule has 0 bridgehead atoms. The van der Waals surface area contributed by atoms with Crippen LogP contribution in [0.2, 0.25) is 0 Å². The maximum atomic E-state index is 13.8. The maximum Gasteiger partial charge on any atom is 0.180 e. The van der Waals surface area contributed by atoms with Crippen LogP contribution >= 0.6 is 0 Å². The molecule has 3 aliphatic heterocycles. The van der Waals surface area contributed by atoms with Crippen molar-refractivity contribution in [3.63, 3.8) is 0 Å². The highest BCUT2D eigenvalue weighted by Gasteiger charge is 2.34. The molecule has 0 unspecified atom stereocenters. The number of nitrogens with zero attached hydrogens (tertiary/aromatic N) is 4. The zero-order valence-electron chi connectivity index (χ0n) is 20.1. The van der Waals surface area contributed by atoms with Crippen LogP contribution in [0.5, 0.6) is 5.75 Å². The molecule has 4 heterocycles. The minimum Gasteiger partial charge on any atom is -0.493 e. The third-order valence-corrected chi connectivity index (χ3v) is 7.64. The number of hydrogen-bond donors (Lipinski definition) is 0. The highest BCUT2D eigenvalue weighted by atomic mass is 19.1.